The standard InChI is InChI=1S/C29H50O2.C2H5NO/c1-20(2)12-9-13-21(3)14-10-15-22(4)16-11-18-29(8)19-17-26-25(7)27(30)23(5)24(6)28(26)31-29;1-3-2-4/h20-22,30H,9-19H2,1-8H3;2H,1H3,(H,3,4)/t21-,22-,29-;/m1./s1. The van der Waals surface area contributed by atoms with Gasteiger partial charge in [-0.1, -0.05) is 72.6 Å². The third-order valence-corrected chi connectivity index (χ3v) is 7.99. The van der Waals surface area contributed by atoms with Crippen LogP contribution in [-0.2, 0) is 11.2 Å². The molecule has 0 aromatic heterocycles. The fourth-order valence-electron chi connectivity index (χ4n) is 5.27. The van der Waals surface area contributed by atoms with Crippen molar-refractivity contribution in [3.8, 4) is 11.5 Å². The number of amides is 1. The minimum Gasteiger partial charge on any atom is -0.507 e. The van der Waals surface area contributed by atoms with E-state index in [-0.39, 0.29) is 5.60 Å². The molecule has 1 heterocycles. The summed E-state index contributed by atoms with van der Waals surface area (Å²) in [4.78, 5) is 9.06. The van der Waals surface area contributed by atoms with Gasteiger partial charge in [0.25, 0.3) is 0 Å². The molecule has 1 aliphatic heterocycles. The lowest BCUT2D eigenvalue weighted by Crippen LogP contribution is -2.37. The highest BCUT2D eigenvalue weighted by Crippen LogP contribution is 2.44. The van der Waals surface area contributed by atoms with Gasteiger partial charge in [-0.3, -0.25) is 4.79 Å². The highest BCUT2D eigenvalue weighted by molar-refractivity contribution is 5.58. The quantitative estimate of drug-likeness (QED) is 0.274. The first-order valence-electron chi connectivity index (χ1n) is 14.1. The number of aromatic hydroxyl groups is 1. The molecule has 0 spiro atoms. The fraction of sp³-hybridized carbons (Fsp3) is 0.774. The van der Waals surface area contributed by atoms with Crippen LogP contribution in [0.1, 0.15) is 121 Å². The Bertz CT molecular complexity index is 773. The van der Waals surface area contributed by atoms with Crippen molar-refractivity contribution in [1.82, 2.24) is 5.32 Å². The molecule has 1 aliphatic rings. The largest absolute Gasteiger partial charge is 0.507 e. The van der Waals surface area contributed by atoms with Crippen LogP contribution < -0.4 is 10.1 Å². The maximum absolute atomic E-state index is 10.4. The van der Waals surface area contributed by atoms with Gasteiger partial charge in [-0.15, -0.1) is 0 Å². The predicted molar refractivity (Wildman–Crippen MR) is 150 cm³/mol. The van der Waals surface area contributed by atoms with Crippen molar-refractivity contribution in [2.24, 2.45) is 17.8 Å². The molecule has 1 amide bonds. The summed E-state index contributed by atoms with van der Waals surface area (Å²) in [5.41, 5.74) is 4.23. The third kappa shape index (κ3) is 10.4. The fourth-order valence-corrected chi connectivity index (χ4v) is 5.27. The first-order chi connectivity index (χ1) is 16.5. The molecule has 0 unspecified atom stereocenters. The van der Waals surface area contributed by atoms with Crippen molar-refractivity contribution in [2.45, 2.75) is 132 Å². The number of carbonyl (C=O) groups excluding carboxylic acids is 1. The summed E-state index contributed by atoms with van der Waals surface area (Å²) < 4.78 is 6.60. The molecule has 0 saturated carbocycles. The van der Waals surface area contributed by atoms with Crippen molar-refractivity contribution in [2.75, 3.05) is 7.05 Å². The van der Waals surface area contributed by atoms with Crippen molar-refractivity contribution in [1.29, 1.82) is 0 Å². The summed E-state index contributed by atoms with van der Waals surface area (Å²) in [6.45, 7) is 17.9. The van der Waals surface area contributed by atoms with Gasteiger partial charge < -0.3 is 15.2 Å². The monoisotopic (exact) mass is 489 g/mol. The lowest BCUT2D eigenvalue weighted by molar-refractivity contribution is -0.109. The molecule has 4 heteroatoms. The average Bonchev–Trinajstić information content (AvgIpc) is 2.81. The Morgan fingerprint density at radius 3 is 1.94 bits per heavy atom. The minimum atomic E-state index is -0.0712. The molecule has 1 aromatic carbocycles. The summed E-state index contributed by atoms with van der Waals surface area (Å²) in [5, 5.41) is 12.6. The second-order valence-corrected chi connectivity index (χ2v) is 11.8. The van der Waals surface area contributed by atoms with Crippen LogP contribution in [-0.4, -0.2) is 24.2 Å². The van der Waals surface area contributed by atoms with Gasteiger partial charge in [-0.2, -0.15) is 0 Å². The van der Waals surface area contributed by atoms with E-state index in [0.717, 1.165) is 59.5 Å². The zero-order valence-electron chi connectivity index (χ0n) is 24.4. The Hall–Kier alpha value is -1.71. The van der Waals surface area contributed by atoms with Crippen molar-refractivity contribution >= 4 is 6.41 Å². The molecule has 2 N–H and O–H groups in total. The Balaban J connectivity index is 0.00000142. The first kappa shape index (κ1) is 31.3. The van der Waals surface area contributed by atoms with Gasteiger partial charge in [0.2, 0.25) is 6.41 Å². The van der Waals surface area contributed by atoms with Gasteiger partial charge >= 0.3 is 0 Å². The average molecular weight is 490 g/mol. The predicted octanol–water partition coefficient (Wildman–Crippen LogP) is 8.20. The maximum Gasteiger partial charge on any atom is 0.206 e. The molecule has 2 rings (SSSR count). The number of rotatable bonds is 13. The Labute approximate surface area is 216 Å². The number of phenolic OH excluding ortho intramolecular Hbond substituents is 1. The zero-order valence-corrected chi connectivity index (χ0v) is 24.4. The molecule has 1 aromatic rings. The smallest absolute Gasteiger partial charge is 0.206 e. The van der Waals surface area contributed by atoms with Crippen LogP contribution in [0.4, 0.5) is 0 Å². The van der Waals surface area contributed by atoms with Crippen LogP contribution >= 0.6 is 0 Å². The SMILES string of the molecule is CNC=O.Cc1c(C)c2c(c(C)c1O)CC[C@@](C)(CCC[C@H](C)CCC[C@H](C)CCCC(C)C)O2. The molecule has 0 bridgehead atoms. The van der Waals surface area contributed by atoms with E-state index in [9.17, 15) is 5.11 Å². The van der Waals surface area contributed by atoms with E-state index in [4.69, 9.17) is 9.53 Å². The number of ether oxygens (including phenoxy) is 1. The van der Waals surface area contributed by atoms with Gasteiger partial charge in [-0.25, -0.2) is 0 Å². The van der Waals surface area contributed by atoms with Crippen LogP contribution in [0.3, 0.4) is 0 Å². The summed E-state index contributed by atoms with van der Waals surface area (Å²) in [6.07, 6.45) is 14.7. The highest BCUT2D eigenvalue weighted by Gasteiger charge is 2.34. The number of carbonyl (C=O) groups is 1. The van der Waals surface area contributed by atoms with E-state index in [2.05, 4.69) is 46.9 Å². The van der Waals surface area contributed by atoms with Crippen molar-refractivity contribution in [3.63, 3.8) is 0 Å². The number of hydrogen-bond acceptors (Lipinski definition) is 3. The first-order valence-corrected chi connectivity index (χ1v) is 14.1. The van der Waals surface area contributed by atoms with Crippen LogP contribution in [0.2, 0.25) is 0 Å². The van der Waals surface area contributed by atoms with E-state index >= 15 is 0 Å². The van der Waals surface area contributed by atoms with Gasteiger partial charge in [0.1, 0.15) is 17.1 Å². The Morgan fingerprint density at radius 1 is 0.914 bits per heavy atom. The lowest BCUT2D eigenvalue weighted by atomic mass is 9.84. The lowest BCUT2D eigenvalue weighted by Gasteiger charge is -2.38. The Morgan fingerprint density at radius 2 is 1.43 bits per heavy atom. The molecular weight excluding hydrogens is 434 g/mol. The van der Waals surface area contributed by atoms with Crippen LogP contribution in [0.5, 0.6) is 11.5 Å². The van der Waals surface area contributed by atoms with Crippen LogP contribution in [0.15, 0.2) is 0 Å². The molecule has 4 nitrogen and oxygen atoms in total. The van der Waals surface area contributed by atoms with Crippen molar-refractivity contribution in [3.05, 3.63) is 22.3 Å². The van der Waals surface area contributed by atoms with E-state index < -0.39 is 0 Å². The van der Waals surface area contributed by atoms with Gasteiger partial charge in [0, 0.05) is 12.6 Å². The molecule has 0 fully saturated rings. The second-order valence-electron chi connectivity index (χ2n) is 11.8. The number of hydrogen-bond donors (Lipinski definition) is 2. The van der Waals surface area contributed by atoms with Gasteiger partial charge in [0.15, 0.2) is 0 Å². The molecule has 202 valence electrons. The number of fused-ring (bicyclic) bond motifs is 1. The molecule has 0 saturated heterocycles. The van der Waals surface area contributed by atoms with Gasteiger partial charge in [-0.05, 0) is 87.8 Å². The summed E-state index contributed by atoms with van der Waals surface area (Å²) in [6, 6.07) is 0. The van der Waals surface area contributed by atoms with Crippen LogP contribution in [0.25, 0.3) is 0 Å². The number of phenols is 1. The molecule has 35 heavy (non-hydrogen) atoms. The zero-order chi connectivity index (χ0) is 26.6. The van der Waals surface area contributed by atoms with Crippen LogP contribution in [0, 0.1) is 38.5 Å². The minimum absolute atomic E-state index is 0.0712. The third-order valence-electron chi connectivity index (χ3n) is 7.99. The normalized spacial score (nSPS) is 18.7. The maximum atomic E-state index is 10.4. The number of nitrogens with one attached hydrogen (secondary N) is 1. The Kier molecular flexibility index (Phi) is 13.8. The van der Waals surface area contributed by atoms with E-state index in [1.165, 1.54) is 56.9 Å². The summed E-state index contributed by atoms with van der Waals surface area (Å²) in [5.74, 6) is 4.04. The topological polar surface area (TPSA) is 58.6 Å². The van der Waals surface area contributed by atoms with Crippen molar-refractivity contribution < 1.29 is 14.6 Å². The summed E-state index contributed by atoms with van der Waals surface area (Å²) in [7, 11) is 1.56. The number of benzene rings is 1. The second kappa shape index (κ2) is 15.4. The van der Waals surface area contributed by atoms with E-state index in [1.54, 1.807) is 7.05 Å². The molecular formula is C31H55NO3. The van der Waals surface area contributed by atoms with Gasteiger partial charge in [0.05, 0.1) is 0 Å². The highest BCUT2D eigenvalue weighted by atomic mass is 16.5. The summed E-state index contributed by atoms with van der Waals surface area (Å²) >= 11 is 0. The molecule has 0 radical (unpaired) electrons. The van der Waals surface area contributed by atoms with E-state index in [0.29, 0.717) is 12.2 Å². The molecule has 3 atom stereocenters. The molecule has 0 aliphatic carbocycles. The van der Waals surface area contributed by atoms with E-state index in [1.807, 2.05) is 13.8 Å².